The van der Waals surface area contributed by atoms with Gasteiger partial charge in [-0.05, 0) is 6.42 Å². The second-order valence-electron chi connectivity index (χ2n) is 3.39. The van der Waals surface area contributed by atoms with Crippen molar-refractivity contribution in [3.8, 4) is 0 Å². The van der Waals surface area contributed by atoms with Gasteiger partial charge < -0.3 is 11.5 Å². The Hall–Kier alpha value is -1.58. The number of fused-ring (bicyclic) bond motifs is 2. The van der Waals surface area contributed by atoms with E-state index in [0.717, 1.165) is 6.42 Å². The van der Waals surface area contributed by atoms with Gasteiger partial charge in [0.1, 0.15) is 0 Å². The lowest BCUT2D eigenvalue weighted by molar-refractivity contribution is -0.117. The predicted octanol–water partition coefficient (Wildman–Crippen LogP) is -0.541. The van der Waals surface area contributed by atoms with E-state index >= 15 is 0 Å². The summed E-state index contributed by atoms with van der Waals surface area (Å²) in [4.78, 5) is 22.1. The van der Waals surface area contributed by atoms with Crippen molar-refractivity contribution in [2.75, 3.05) is 0 Å². The van der Waals surface area contributed by atoms with Gasteiger partial charge >= 0.3 is 0 Å². The van der Waals surface area contributed by atoms with Crippen LogP contribution in [-0.4, -0.2) is 11.8 Å². The molecule has 2 aliphatic rings. The third-order valence-corrected chi connectivity index (χ3v) is 2.65. The molecular formula is C9H10N2O2. The largest absolute Gasteiger partial charge is 0.366 e. The molecule has 0 fully saturated rings. The average Bonchev–Trinajstić information content (AvgIpc) is 2.60. The van der Waals surface area contributed by atoms with Crippen LogP contribution in [-0.2, 0) is 9.59 Å². The number of hydrogen-bond donors (Lipinski definition) is 2. The van der Waals surface area contributed by atoms with Gasteiger partial charge in [-0.2, -0.15) is 0 Å². The first-order valence-electron chi connectivity index (χ1n) is 4.13. The highest BCUT2D eigenvalue weighted by atomic mass is 16.2. The Morgan fingerprint density at radius 3 is 1.77 bits per heavy atom. The molecule has 0 saturated carbocycles. The van der Waals surface area contributed by atoms with Crippen LogP contribution in [0.2, 0.25) is 0 Å². The minimum atomic E-state index is -0.523. The van der Waals surface area contributed by atoms with Crippen molar-refractivity contribution < 1.29 is 9.59 Å². The van der Waals surface area contributed by atoms with Crippen LogP contribution in [0.15, 0.2) is 23.3 Å². The monoisotopic (exact) mass is 178 g/mol. The number of nitrogens with two attached hydrogens (primary N) is 2. The molecule has 0 aromatic carbocycles. The molecule has 4 nitrogen and oxygen atoms in total. The summed E-state index contributed by atoms with van der Waals surface area (Å²) in [6.07, 6.45) is 4.60. The average molecular weight is 178 g/mol. The summed E-state index contributed by atoms with van der Waals surface area (Å²) >= 11 is 0. The Morgan fingerprint density at radius 2 is 1.46 bits per heavy atom. The summed E-state index contributed by atoms with van der Waals surface area (Å²) in [6.45, 7) is 0. The molecule has 0 heterocycles. The number of allylic oxidation sites excluding steroid dienone is 2. The zero-order chi connectivity index (χ0) is 9.59. The molecule has 2 aliphatic carbocycles. The smallest absolute Gasteiger partial charge is 0.245 e. The Balaban J connectivity index is 2.48. The molecule has 2 amide bonds. The van der Waals surface area contributed by atoms with Crippen LogP contribution >= 0.6 is 0 Å². The quantitative estimate of drug-likeness (QED) is 0.556. The molecule has 2 bridgehead atoms. The van der Waals surface area contributed by atoms with Crippen LogP contribution in [0.5, 0.6) is 0 Å². The van der Waals surface area contributed by atoms with E-state index in [1.54, 1.807) is 0 Å². The van der Waals surface area contributed by atoms with E-state index < -0.39 is 11.8 Å². The molecule has 0 aliphatic heterocycles. The third kappa shape index (κ3) is 0.983. The van der Waals surface area contributed by atoms with Crippen molar-refractivity contribution >= 4 is 11.8 Å². The van der Waals surface area contributed by atoms with Crippen LogP contribution in [0, 0.1) is 11.8 Å². The topological polar surface area (TPSA) is 86.2 Å². The van der Waals surface area contributed by atoms with Gasteiger partial charge in [-0.15, -0.1) is 0 Å². The molecule has 13 heavy (non-hydrogen) atoms. The highest BCUT2D eigenvalue weighted by molar-refractivity contribution is 6.06. The summed E-state index contributed by atoms with van der Waals surface area (Å²) in [5.41, 5.74) is 11.2. The number of rotatable bonds is 2. The maximum absolute atomic E-state index is 11.0. The molecule has 0 unspecified atom stereocenters. The fourth-order valence-electron chi connectivity index (χ4n) is 2.16. The minimum absolute atomic E-state index is 0.0185. The molecule has 0 spiro atoms. The van der Waals surface area contributed by atoms with Crippen LogP contribution in [0.4, 0.5) is 0 Å². The zero-order valence-corrected chi connectivity index (χ0v) is 6.99. The summed E-state index contributed by atoms with van der Waals surface area (Å²) < 4.78 is 0. The van der Waals surface area contributed by atoms with Gasteiger partial charge in [-0.25, -0.2) is 0 Å². The van der Waals surface area contributed by atoms with E-state index in [9.17, 15) is 9.59 Å². The maximum atomic E-state index is 11.0. The summed E-state index contributed by atoms with van der Waals surface area (Å²) in [5, 5.41) is 0. The molecule has 2 atom stereocenters. The Labute approximate surface area is 75.3 Å². The SMILES string of the molecule is NC(=O)C1=C(C(N)=O)[C@H]2C=C[C@@H]1C2. The van der Waals surface area contributed by atoms with Crippen LogP contribution in [0.3, 0.4) is 0 Å². The van der Waals surface area contributed by atoms with E-state index in [2.05, 4.69) is 0 Å². The van der Waals surface area contributed by atoms with E-state index in [-0.39, 0.29) is 11.8 Å². The molecule has 0 saturated heterocycles. The van der Waals surface area contributed by atoms with Crippen molar-refractivity contribution in [1.82, 2.24) is 0 Å². The Morgan fingerprint density at radius 1 is 1.08 bits per heavy atom. The number of amides is 2. The molecule has 0 radical (unpaired) electrons. The molecule has 0 aromatic heterocycles. The number of carbonyl (C=O) groups excluding carboxylic acids is 2. The lowest BCUT2D eigenvalue weighted by atomic mass is 9.96. The normalized spacial score (nSPS) is 29.8. The fraction of sp³-hybridized carbons (Fsp3) is 0.333. The van der Waals surface area contributed by atoms with Crippen molar-refractivity contribution in [3.05, 3.63) is 23.3 Å². The van der Waals surface area contributed by atoms with Crippen molar-refractivity contribution in [2.45, 2.75) is 6.42 Å². The van der Waals surface area contributed by atoms with Gasteiger partial charge in [0.25, 0.3) is 0 Å². The number of hydrogen-bond acceptors (Lipinski definition) is 2. The molecule has 0 aromatic rings. The second-order valence-corrected chi connectivity index (χ2v) is 3.39. The Kier molecular flexibility index (Phi) is 1.52. The van der Waals surface area contributed by atoms with Gasteiger partial charge in [0.2, 0.25) is 11.8 Å². The molecule has 2 rings (SSSR count). The van der Waals surface area contributed by atoms with Crippen molar-refractivity contribution in [3.63, 3.8) is 0 Å². The van der Waals surface area contributed by atoms with E-state index in [1.165, 1.54) is 0 Å². The molecule has 68 valence electrons. The second kappa shape index (κ2) is 2.45. The number of carbonyl (C=O) groups is 2. The summed E-state index contributed by atoms with van der Waals surface area (Å²) in [7, 11) is 0. The maximum Gasteiger partial charge on any atom is 0.245 e. The van der Waals surface area contributed by atoms with Crippen LogP contribution < -0.4 is 11.5 Å². The standard InChI is InChI=1S/C9H10N2O2/c10-8(12)6-4-1-2-5(3-4)7(6)9(11)13/h1-2,4-5H,3H2,(H2,10,12)(H2,11,13)/t4-,5+. The van der Waals surface area contributed by atoms with E-state index in [1.807, 2.05) is 12.2 Å². The van der Waals surface area contributed by atoms with Gasteiger partial charge in [-0.3, -0.25) is 9.59 Å². The lowest BCUT2D eigenvalue weighted by Gasteiger charge is -2.09. The zero-order valence-electron chi connectivity index (χ0n) is 6.99. The Bertz CT molecular complexity index is 323. The van der Waals surface area contributed by atoms with Crippen LogP contribution in [0.25, 0.3) is 0 Å². The first-order valence-corrected chi connectivity index (χ1v) is 4.13. The fourth-order valence-corrected chi connectivity index (χ4v) is 2.16. The molecular weight excluding hydrogens is 168 g/mol. The highest BCUT2D eigenvalue weighted by Gasteiger charge is 2.39. The van der Waals surface area contributed by atoms with E-state index in [0.29, 0.717) is 11.1 Å². The van der Waals surface area contributed by atoms with Crippen molar-refractivity contribution in [2.24, 2.45) is 23.3 Å². The lowest BCUT2D eigenvalue weighted by Crippen LogP contribution is -2.25. The van der Waals surface area contributed by atoms with Gasteiger partial charge in [0.05, 0.1) is 0 Å². The van der Waals surface area contributed by atoms with Gasteiger partial charge in [0, 0.05) is 23.0 Å². The highest BCUT2D eigenvalue weighted by Crippen LogP contribution is 2.43. The predicted molar refractivity (Wildman–Crippen MR) is 46.2 cm³/mol. The molecule has 4 heteroatoms. The van der Waals surface area contributed by atoms with Crippen LogP contribution in [0.1, 0.15) is 6.42 Å². The van der Waals surface area contributed by atoms with Crippen molar-refractivity contribution in [1.29, 1.82) is 0 Å². The molecule has 4 N–H and O–H groups in total. The summed E-state index contributed by atoms with van der Waals surface area (Å²) in [6, 6.07) is 0. The summed E-state index contributed by atoms with van der Waals surface area (Å²) in [5.74, 6) is -1.01. The first-order chi connectivity index (χ1) is 6.11. The van der Waals surface area contributed by atoms with Gasteiger partial charge in [-0.1, -0.05) is 12.2 Å². The first kappa shape index (κ1) is 8.04. The number of primary amides is 2. The van der Waals surface area contributed by atoms with Gasteiger partial charge in [0.15, 0.2) is 0 Å². The third-order valence-electron chi connectivity index (χ3n) is 2.65. The minimum Gasteiger partial charge on any atom is -0.366 e. The van der Waals surface area contributed by atoms with E-state index in [4.69, 9.17) is 11.5 Å².